The Hall–Kier alpha value is -1.77. The van der Waals surface area contributed by atoms with Gasteiger partial charge in [0.05, 0.1) is 12.7 Å². The molecule has 0 aliphatic rings. The number of aldehydes is 1. The molecule has 1 aromatic carbocycles. The van der Waals surface area contributed by atoms with Gasteiger partial charge in [-0.05, 0) is 24.6 Å². The van der Waals surface area contributed by atoms with Crippen LogP contribution in [-0.2, 0) is 0 Å². The first-order valence-electron chi connectivity index (χ1n) is 4.80. The molecule has 0 bridgehead atoms. The summed E-state index contributed by atoms with van der Waals surface area (Å²) in [6, 6.07) is 3.55. The number of hydrogen-bond acceptors (Lipinski definition) is 2. The molecular weight excluding hydrogens is 178 g/mol. The van der Waals surface area contributed by atoms with Gasteiger partial charge in [-0.15, -0.1) is 0 Å². The van der Waals surface area contributed by atoms with Crippen molar-refractivity contribution >= 4 is 17.2 Å². The van der Waals surface area contributed by atoms with E-state index >= 15 is 0 Å². The summed E-state index contributed by atoms with van der Waals surface area (Å²) in [6.45, 7) is 1.93. The summed E-state index contributed by atoms with van der Waals surface area (Å²) >= 11 is 0. The zero-order valence-corrected chi connectivity index (χ0v) is 8.05. The van der Waals surface area contributed by atoms with Gasteiger partial charge in [-0.25, -0.2) is 0 Å². The molecule has 1 N–H and O–H groups in total. The van der Waals surface area contributed by atoms with E-state index in [2.05, 4.69) is 4.98 Å². The highest BCUT2D eigenvalue weighted by molar-refractivity contribution is 6.01. The van der Waals surface area contributed by atoms with Crippen LogP contribution in [0.4, 0.5) is 0 Å². The summed E-state index contributed by atoms with van der Waals surface area (Å²) in [4.78, 5) is 14.3. The third-order valence-corrected chi connectivity index (χ3v) is 2.33. The third-order valence-electron chi connectivity index (χ3n) is 2.33. The number of rotatable bonds is 2. The zero-order chi connectivity index (χ0) is 11.0. The maximum Gasteiger partial charge on any atom is 0.154 e. The lowest BCUT2D eigenvalue weighted by Gasteiger charge is -2.06. The fourth-order valence-corrected chi connectivity index (χ4v) is 1.64. The molecule has 0 unspecified atom stereocenters. The monoisotopic (exact) mass is 190 g/mol. The lowest BCUT2D eigenvalue weighted by Crippen LogP contribution is -1.92. The van der Waals surface area contributed by atoms with Crippen LogP contribution in [0.1, 0.15) is 17.3 Å². The van der Waals surface area contributed by atoms with Crippen molar-refractivity contribution in [3.8, 4) is 5.75 Å². The molecule has 1 heterocycles. The molecular formula is C11H11NO2. The Bertz CT molecular complexity index is 531. The topological polar surface area (TPSA) is 42.1 Å². The van der Waals surface area contributed by atoms with Crippen molar-refractivity contribution in [2.24, 2.45) is 0 Å². The van der Waals surface area contributed by atoms with Crippen molar-refractivity contribution in [3.05, 3.63) is 29.5 Å². The number of carbonyl (C=O) groups excluding carboxylic acids is 1. The Labute approximate surface area is 83.1 Å². The maximum atomic E-state index is 11.2. The van der Waals surface area contributed by atoms with Crippen LogP contribution in [0.25, 0.3) is 10.9 Å². The Balaban J connectivity index is 2.89. The number of hydrogen-bond donors (Lipinski definition) is 1. The highest BCUT2D eigenvalue weighted by Crippen LogP contribution is 2.28. The predicted molar refractivity (Wildman–Crippen MR) is 55.0 cm³/mol. The predicted octanol–water partition coefficient (Wildman–Crippen LogP) is 2.30. The standard InChI is InChI=1S/C11H11NO2/c1-7-5-10(14-2)9(6-13)8-3-4-12-11(7)8/h3-6,12H,1-2H3/i6D. The largest absolute Gasteiger partial charge is 0.496 e. The Kier molecular flexibility index (Phi) is 1.73. The van der Waals surface area contributed by atoms with Gasteiger partial charge in [-0.3, -0.25) is 4.79 Å². The van der Waals surface area contributed by atoms with E-state index in [4.69, 9.17) is 6.11 Å². The maximum absolute atomic E-state index is 11.2. The zero-order valence-electron chi connectivity index (χ0n) is 9.05. The van der Waals surface area contributed by atoms with Crippen molar-refractivity contribution in [3.63, 3.8) is 0 Å². The Morgan fingerprint density at radius 1 is 1.64 bits per heavy atom. The van der Waals surface area contributed by atoms with Crippen molar-refractivity contribution in [1.82, 2.24) is 4.98 Å². The molecule has 3 heteroatoms. The first-order valence-corrected chi connectivity index (χ1v) is 4.30. The normalized spacial score (nSPS) is 11.4. The molecule has 2 rings (SSSR count). The van der Waals surface area contributed by atoms with Crippen LogP contribution in [0.15, 0.2) is 18.3 Å². The van der Waals surface area contributed by atoms with Crippen molar-refractivity contribution in [2.45, 2.75) is 6.92 Å². The molecule has 0 saturated heterocycles. The van der Waals surface area contributed by atoms with Crippen molar-refractivity contribution in [2.75, 3.05) is 7.11 Å². The van der Waals surface area contributed by atoms with Gasteiger partial charge < -0.3 is 9.72 Å². The van der Waals surface area contributed by atoms with Crippen LogP contribution in [-0.4, -0.2) is 18.4 Å². The minimum atomic E-state index is -0.726. The van der Waals surface area contributed by atoms with E-state index in [1.165, 1.54) is 7.11 Å². The van der Waals surface area contributed by atoms with Gasteiger partial charge >= 0.3 is 0 Å². The third kappa shape index (κ3) is 1.09. The highest BCUT2D eigenvalue weighted by Gasteiger charge is 2.10. The van der Waals surface area contributed by atoms with E-state index in [0.29, 0.717) is 11.3 Å². The summed E-state index contributed by atoms with van der Waals surface area (Å²) in [7, 11) is 1.50. The second kappa shape index (κ2) is 3.18. The molecule has 0 amide bonds. The highest BCUT2D eigenvalue weighted by atomic mass is 16.5. The molecule has 0 aliphatic heterocycles. The number of carbonyl (C=O) groups is 1. The SMILES string of the molecule is [2H]C(=O)c1c(OC)cc(C)c2[nH]ccc12. The fourth-order valence-electron chi connectivity index (χ4n) is 1.64. The summed E-state index contributed by atoms with van der Waals surface area (Å²) in [5.74, 6) is 0.458. The van der Waals surface area contributed by atoms with E-state index in [0.717, 1.165) is 16.5 Å². The molecule has 1 aromatic heterocycles. The minimum absolute atomic E-state index is 0.319. The lowest BCUT2D eigenvalue weighted by atomic mass is 10.1. The first-order chi connectivity index (χ1) is 7.15. The quantitative estimate of drug-likeness (QED) is 0.738. The van der Waals surface area contributed by atoms with Crippen molar-refractivity contribution < 1.29 is 10.9 Å². The number of aromatic nitrogens is 1. The van der Waals surface area contributed by atoms with Crippen LogP contribution in [0.3, 0.4) is 0 Å². The summed E-state index contributed by atoms with van der Waals surface area (Å²) in [5.41, 5.74) is 2.20. The molecule has 14 heavy (non-hydrogen) atoms. The van der Waals surface area contributed by atoms with Gasteiger partial charge in [-0.1, -0.05) is 0 Å². The van der Waals surface area contributed by atoms with E-state index in [1.54, 1.807) is 18.3 Å². The van der Waals surface area contributed by atoms with E-state index in [9.17, 15) is 4.79 Å². The van der Waals surface area contributed by atoms with Gasteiger partial charge in [0, 0.05) is 17.1 Å². The number of aromatic amines is 1. The van der Waals surface area contributed by atoms with Gasteiger partial charge in [-0.2, -0.15) is 0 Å². The van der Waals surface area contributed by atoms with Gasteiger partial charge in [0.2, 0.25) is 0 Å². The van der Waals surface area contributed by atoms with Crippen LogP contribution in [0, 0.1) is 6.92 Å². The smallest absolute Gasteiger partial charge is 0.154 e. The van der Waals surface area contributed by atoms with Crippen LogP contribution in [0.5, 0.6) is 5.75 Å². The molecule has 0 fully saturated rings. The Morgan fingerprint density at radius 3 is 3.07 bits per heavy atom. The number of aryl methyl sites for hydroxylation is 1. The molecule has 0 aliphatic carbocycles. The van der Waals surface area contributed by atoms with E-state index in [-0.39, 0.29) is 0 Å². The van der Waals surface area contributed by atoms with Gasteiger partial charge in [0.25, 0.3) is 0 Å². The van der Waals surface area contributed by atoms with Crippen LogP contribution in [0.2, 0.25) is 0 Å². The van der Waals surface area contributed by atoms with Crippen LogP contribution < -0.4 is 4.74 Å². The Morgan fingerprint density at radius 2 is 2.43 bits per heavy atom. The van der Waals surface area contributed by atoms with Crippen molar-refractivity contribution in [1.29, 1.82) is 0 Å². The second-order valence-corrected chi connectivity index (χ2v) is 3.14. The number of H-pyrrole nitrogens is 1. The number of fused-ring (bicyclic) bond motifs is 1. The average Bonchev–Trinajstić information content (AvgIpc) is 2.65. The molecule has 3 nitrogen and oxygen atoms in total. The minimum Gasteiger partial charge on any atom is -0.496 e. The fraction of sp³-hybridized carbons (Fsp3) is 0.182. The van der Waals surface area contributed by atoms with E-state index in [1.807, 2.05) is 6.92 Å². The van der Waals surface area contributed by atoms with Gasteiger partial charge in [0.15, 0.2) is 6.26 Å². The molecule has 0 spiro atoms. The molecule has 0 saturated carbocycles. The average molecular weight is 190 g/mol. The second-order valence-electron chi connectivity index (χ2n) is 3.14. The molecule has 0 atom stereocenters. The van der Waals surface area contributed by atoms with Crippen LogP contribution >= 0.6 is 0 Å². The summed E-state index contributed by atoms with van der Waals surface area (Å²) < 4.78 is 12.3. The first kappa shape index (κ1) is 7.62. The van der Waals surface area contributed by atoms with Gasteiger partial charge in [0.1, 0.15) is 7.12 Å². The molecule has 72 valence electrons. The summed E-state index contributed by atoms with van der Waals surface area (Å²) in [6.07, 6.45) is 1.03. The number of benzene rings is 1. The summed E-state index contributed by atoms with van der Waals surface area (Å²) in [5, 5.41) is 0.742. The lowest BCUT2D eigenvalue weighted by molar-refractivity contribution is 0.112. The number of methoxy groups -OCH3 is 1. The molecule has 2 aromatic rings. The molecule has 0 radical (unpaired) electrons. The van der Waals surface area contributed by atoms with E-state index < -0.39 is 6.26 Å². The number of ether oxygens (including phenoxy) is 1. The number of nitrogens with one attached hydrogen (secondary N) is 1.